The molecule has 1 aliphatic rings. The second kappa shape index (κ2) is 7.47. The highest BCUT2D eigenvalue weighted by Crippen LogP contribution is 2.28. The van der Waals surface area contributed by atoms with Crippen LogP contribution in [0.15, 0.2) is 40.2 Å². The second-order valence-corrected chi connectivity index (χ2v) is 7.92. The van der Waals surface area contributed by atoms with Crippen LogP contribution in [0.3, 0.4) is 0 Å². The van der Waals surface area contributed by atoms with Crippen molar-refractivity contribution in [3.63, 3.8) is 0 Å². The van der Waals surface area contributed by atoms with Crippen LogP contribution in [0.4, 0.5) is 5.69 Å². The summed E-state index contributed by atoms with van der Waals surface area (Å²) in [5.74, 6) is 1.10. The maximum Gasteiger partial charge on any atom is 0.186 e. The van der Waals surface area contributed by atoms with Gasteiger partial charge in [0.2, 0.25) is 0 Å². The van der Waals surface area contributed by atoms with Gasteiger partial charge in [-0.05, 0) is 40.2 Å². The zero-order valence-electron chi connectivity index (χ0n) is 13.0. The number of carbonyl (C=O) groups excluding carboxylic acids is 1. The molecule has 1 fully saturated rings. The number of rotatable bonds is 5. The van der Waals surface area contributed by atoms with E-state index in [4.69, 9.17) is 4.74 Å². The fourth-order valence-electron chi connectivity index (χ4n) is 2.78. The van der Waals surface area contributed by atoms with Crippen molar-refractivity contribution in [2.24, 2.45) is 0 Å². The Morgan fingerprint density at radius 3 is 2.57 bits per heavy atom. The molecule has 122 valence electrons. The van der Waals surface area contributed by atoms with Gasteiger partial charge in [0.15, 0.2) is 5.78 Å². The highest BCUT2D eigenvalue weighted by molar-refractivity contribution is 9.11. The number of Topliss-reactive ketones (excluding diaryl/α,β-unsaturated/α-hetero) is 1. The first-order valence-corrected chi connectivity index (χ1v) is 9.17. The molecule has 23 heavy (non-hydrogen) atoms. The van der Waals surface area contributed by atoms with E-state index in [0.29, 0.717) is 6.54 Å². The van der Waals surface area contributed by atoms with E-state index in [-0.39, 0.29) is 5.78 Å². The number of hydrogen-bond acceptors (Lipinski definition) is 5. The number of ether oxygens (including phenoxy) is 1. The smallest absolute Gasteiger partial charge is 0.186 e. The Morgan fingerprint density at radius 1 is 1.17 bits per heavy atom. The van der Waals surface area contributed by atoms with Gasteiger partial charge in [-0.3, -0.25) is 9.69 Å². The first-order chi connectivity index (χ1) is 11.2. The fraction of sp³-hybridized carbons (Fsp3) is 0.353. The minimum atomic E-state index is 0.200. The lowest BCUT2D eigenvalue weighted by atomic mass is 10.2. The van der Waals surface area contributed by atoms with Crippen LogP contribution in [0.1, 0.15) is 9.67 Å². The van der Waals surface area contributed by atoms with Crippen LogP contribution < -0.4 is 9.64 Å². The van der Waals surface area contributed by atoms with Crippen molar-refractivity contribution in [1.82, 2.24) is 4.90 Å². The number of para-hydroxylation sites is 2. The lowest BCUT2D eigenvalue weighted by Crippen LogP contribution is -2.48. The number of halogens is 1. The molecule has 0 unspecified atom stereocenters. The molecule has 0 bridgehead atoms. The Morgan fingerprint density at radius 2 is 1.91 bits per heavy atom. The summed E-state index contributed by atoms with van der Waals surface area (Å²) in [5.41, 5.74) is 1.13. The summed E-state index contributed by atoms with van der Waals surface area (Å²) < 4.78 is 6.44. The molecule has 1 saturated heterocycles. The predicted octanol–water partition coefficient (Wildman–Crippen LogP) is 3.52. The average molecular weight is 395 g/mol. The molecule has 1 aliphatic heterocycles. The number of nitrogens with zero attached hydrogens (tertiary/aromatic N) is 2. The number of benzene rings is 1. The van der Waals surface area contributed by atoms with E-state index < -0.39 is 0 Å². The SMILES string of the molecule is COc1ccccc1N1CCN(CC(=O)c2ccc(Br)s2)CC1. The van der Waals surface area contributed by atoms with Gasteiger partial charge in [0.1, 0.15) is 5.75 Å². The van der Waals surface area contributed by atoms with Crippen molar-refractivity contribution < 1.29 is 9.53 Å². The highest BCUT2D eigenvalue weighted by atomic mass is 79.9. The molecule has 0 saturated carbocycles. The van der Waals surface area contributed by atoms with Gasteiger partial charge in [-0.15, -0.1) is 11.3 Å². The third-order valence-electron chi connectivity index (χ3n) is 4.01. The van der Waals surface area contributed by atoms with Crippen molar-refractivity contribution in [2.75, 3.05) is 44.7 Å². The molecule has 0 radical (unpaired) electrons. The molecular weight excluding hydrogens is 376 g/mol. The highest BCUT2D eigenvalue weighted by Gasteiger charge is 2.21. The van der Waals surface area contributed by atoms with Gasteiger partial charge in [0, 0.05) is 26.2 Å². The standard InChI is InChI=1S/C17H19BrN2O2S/c1-22-15-5-3-2-4-13(15)20-10-8-19(9-11-20)12-14(21)16-6-7-17(18)23-16/h2-7H,8-12H2,1H3. The number of piperazine rings is 1. The van der Waals surface area contributed by atoms with Gasteiger partial charge in [-0.1, -0.05) is 12.1 Å². The molecule has 0 N–H and O–H groups in total. The van der Waals surface area contributed by atoms with Crippen LogP contribution in [0.25, 0.3) is 0 Å². The lowest BCUT2D eigenvalue weighted by Gasteiger charge is -2.36. The van der Waals surface area contributed by atoms with Gasteiger partial charge in [0.25, 0.3) is 0 Å². The van der Waals surface area contributed by atoms with E-state index in [1.807, 2.05) is 30.3 Å². The molecule has 0 atom stereocenters. The monoisotopic (exact) mass is 394 g/mol. The summed E-state index contributed by atoms with van der Waals surface area (Å²) in [5, 5.41) is 0. The largest absolute Gasteiger partial charge is 0.495 e. The molecule has 1 aromatic carbocycles. The third-order valence-corrected chi connectivity index (χ3v) is 5.68. The maximum atomic E-state index is 12.3. The molecule has 0 amide bonds. The minimum Gasteiger partial charge on any atom is -0.495 e. The van der Waals surface area contributed by atoms with E-state index >= 15 is 0 Å². The predicted molar refractivity (Wildman–Crippen MR) is 98.0 cm³/mol. The summed E-state index contributed by atoms with van der Waals surface area (Å²) in [4.78, 5) is 17.7. The molecule has 2 heterocycles. The van der Waals surface area contributed by atoms with Crippen LogP contribution in [-0.2, 0) is 0 Å². The quantitative estimate of drug-likeness (QED) is 0.726. The van der Waals surface area contributed by atoms with Gasteiger partial charge in [0.05, 0.1) is 28.0 Å². The Labute approximate surface area is 148 Å². The lowest BCUT2D eigenvalue weighted by molar-refractivity contribution is 0.0930. The van der Waals surface area contributed by atoms with E-state index in [0.717, 1.165) is 46.3 Å². The van der Waals surface area contributed by atoms with Crippen LogP contribution in [-0.4, -0.2) is 50.5 Å². The fourth-order valence-corrected chi connectivity index (χ4v) is 4.10. The Bertz CT molecular complexity index is 681. The Hall–Kier alpha value is -1.37. The maximum absolute atomic E-state index is 12.3. The minimum absolute atomic E-state index is 0.200. The topological polar surface area (TPSA) is 32.8 Å². The van der Waals surface area contributed by atoms with Gasteiger partial charge >= 0.3 is 0 Å². The van der Waals surface area contributed by atoms with Crippen LogP contribution >= 0.6 is 27.3 Å². The average Bonchev–Trinajstić information content (AvgIpc) is 3.02. The molecular formula is C17H19BrN2O2S. The van der Waals surface area contributed by atoms with Crippen molar-refractivity contribution in [3.8, 4) is 5.75 Å². The molecule has 0 spiro atoms. The van der Waals surface area contributed by atoms with E-state index in [1.54, 1.807) is 7.11 Å². The first-order valence-electron chi connectivity index (χ1n) is 7.56. The van der Waals surface area contributed by atoms with Gasteiger partial charge in [-0.2, -0.15) is 0 Å². The zero-order valence-corrected chi connectivity index (χ0v) is 15.4. The number of hydrogen-bond donors (Lipinski definition) is 0. The zero-order chi connectivity index (χ0) is 16.2. The Kier molecular flexibility index (Phi) is 5.35. The van der Waals surface area contributed by atoms with E-state index in [2.05, 4.69) is 31.8 Å². The van der Waals surface area contributed by atoms with E-state index in [9.17, 15) is 4.79 Å². The summed E-state index contributed by atoms with van der Waals surface area (Å²) in [6.45, 7) is 4.07. The molecule has 2 aromatic rings. The van der Waals surface area contributed by atoms with Crippen LogP contribution in [0.2, 0.25) is 0 Å². The van der Waals surface area contributed by atoms with Crippen LogP contribution in [0, 0.1) is 0 Å². The summed E-state index contributed by atoms with van der Waals surface area (Å²) in [6.07, 6.45) is 0. The molecule has 4 nitrogen and oxygen atoms in total. The number of anilines is 1. The van der Waals surface area contributed by atoms with E-state index in [1.165, 1.54) is 11.3 Å². The van der Waals surface area contributed by atoms with Gasteiger partial charge < -0.3 is 9.64 Å². The number of carbonyl (C=O) groups is 1. The summed E-state index contributed by atoms with van der Waals surface area (Å²) >= 11 is 4.91. The number of thiophene rings is 1. The molecule has 0 aliphatic carbocycles. The first kappa shape index (κ1) is 16.5. The molecule has 3 rings (SSSR count). The number of ketones is 1. The molecule has 1 aromatic heterocycles. The van der Waals surface area contributed by atoms with Crippen molar-refractivity contribution in [3.05, 3.63) is 45.1 Å². The Balaban J connectivity index is 1.57. The normalized spacial score (nSPS) is 15.7. The number of methoxy groups -OCH3 is 1. The van der Waals surface area contributed by atoms with Crippen molar-refractivity contribution >= 4 is 38.7 Å². The molecule has 6 heteroatoms. The second-order valence-electron chi connectivity index (χ2n) is 5.46. The van der Waals surface area contributed by atoms with Crippen LogP contribution in [0.5, 0.6) is 5.75 Å². The van der Waals surface area contributed by atoms with Gasteiger partial charge in [-0.25, -0.2) is 0 Å². The third kappa shape index (κ3) is 3.94. The van der Waals surface area contributed by atoms with Crippen molar-refractivity contribution in [2.45, 2.75) is 0 Å². The summed E-state index contributed by atoms with van der Waals surface area (Å²) in [6, 6.07) is 11.9. The van der Waals surface area contributed by atoms with Crippen molar-refractivity contribution in [1.29, 1.82) is 0 Å². The summed E-state index contributed by atoms with van der Waals surface area (Å²) in [7, 11) is 1.70.